The molecule has 76 valence electrons. The number of hydrogen-bond acceptors (Lipinski definition) is 1. The smallest absolute Gasteiger partial charge is 0.0190 e. The zero-order valence-electron chi connectivity index (χ0n) is 9.18. The normalized spacial score (nSPS) is 24.6. The van der Waals surface area contributed by atoms with E-state index < -0.39 is 0 Å². The molecule has 0 aromatic carbocycles. The molecular formula is C12H23N. The van der Waals surface area contributed by atoms with E-state index in [4.69, 9.17) is 0 Å². The number of piperidine rings is 1. The molecular weight excluding hydrogens is 158 g/mol. The topological polar surface area (TPSA) is 3.24 Å². The fourth-order valence-corrected chi connectivity index (χ4v) is 2.18. The van der Waals surface area contributed by atoms with Gasteiger partial charge in [-0.05, 0) is 31.7 Å². The maximum atomic E-state index is 4.12. The lowest BCUT2D eigenvalue weighted by Crippen LogP contribution is -2.35. The van der Waals surface area contributed by atoms with Crippen molar-refractivity contribution in [2.75, 3.05) is 19.6 Å². The lowest BCUT2D eigenvalue weighted by Gasteiger charge is -2.31. The van der Waals surface area contributed by atoms with Crippen LogP contribution in [-0.4, -0.2) is 24.5 Å². The molecule has 1 saturated heterocycles. The maximum Gasteiger partial charge on any atom is 0.0190 e. The highest BCUT2D eigenvalue weighted by molar-refractivity contribution is 4.97. The van der Waals surface area contributed by atoms with Gasteiger partial charge in [-0.15, -0.1) is 0 Å². The van der Waals surface area contributed by atoms with E-state index in [0.717, 1.165) is 12.5 Å². The third-order valence-electron chi connectivity index (χ3n) is 2.79. The van der Waals surface area contributed by atoms with E-state index in [2.05, 4.69) is 25.3 Å². The number of nitrogens with zero attached hydrogens (tertiary/aromatic N) is 1. The predicted molar refractivity (Wildman–Crippen MR) is 58.9 cm³/mol. The third kappa shape index (κ3) is 3.95. The first-order valence-corrected chi connectivity index (χ1v) is 5.61. The Kier molecular flexibility index (Phi) is 4.51. The predicted octanol–water partition coefficient (Wildman–Crippen LogP) is 3.07. The van der Waals surface area contributed by atoms with Gasteiger partial charge in [0.1, 0.15) is 0 Å². The maximum absolute atomic E-state index is 4.12. The van der Waals surface area contributed by atoms with Crippen molar-refractivity contribution in [3.05, 3.63) is 12.2 Å². The summed E-state index contributed by atoms with van der Waals surface area (Å²) in [5, 5.41) is 0. The molecule has 1 unspecified atom stereocenters. The summed E-state index contributed by atoms with van der Waals surface area (Å²) in [7, 11) is 0. The van der Waals surface area contributed by atoms with Crippen molar-refractivity contribution in [2.45, 2.75) is 39.5 Å². The number of rotatable bonds is 4. The van der Waals surface area contributed by atoms with Crippen LogP contribution in [0, 0.1) is 5.92 Å². The van der Waals surface area contributed by atoms with Crippen molar-refractivity contribution in [2.24, 2.45) is 5.92 Å². The van der Waals surface area contributed by atoms with E-state index >= 15 is 0 Å². The molecule has 0 radical (unpaired) electrons. The summed E-state index contributed by atoms with van der Waals surface area (Å²) in [6.07, 6.45) is 5.23. The molecule has 0 aliphatic carbocycles. The largest absolute Gasteiger partial charge is 0.299 e. The van der Waals surface area contributed by atoms with Gasteiger partial charge in [0.2, 0.25) is 0 Å². The van der Waals surface area contributed by atoms with Crippen molar-refractivity contribution >= 4 is 0 Å². The zero-order chi connectivity index (χ0) is 9.68. The van der Waals surface area contributed by atoms with Gasteiger partial charge in [0, 0.05) is 13.1 Å². The summed E-state index contributed by atoms with van der Waals surface area (Å²) in [5.41, 5.74) is 1.41. The third-order valence-corrected chi connectivity index (χ3v) is 2.79. The molecule has 0 aromatic heterocycles. The summed E-state index contributed by atoms with van der Waals surface area (Å²) < 4.78 is 0. The van der Waals surface area contributed by atoms with Crippen molar-refractivity contribution in [1.29, 1.82) is 0 Å². The van der Waals surface area contributed by atoms with Crippen LogP contribution < -0.4 is 0 Å². The molecule has 13 heavy (non-hydrogen) atoms. The van der Waals surface area contributed by atoms with E-state index in [1.807, 2.05) is 0 Å². The van der Waals surface area contributed by atoms with E-state index in [0.29, 0.717) is 0 Å². The van der Waals surface area contributed by atoms with Crippen molar-refractivity contribution < 1.29 is 0 Å². The Hall–Kier alpha value is -0.300. The Bertz CT molecular complexity index is 163. The molecule has 1 atom stereocenters. The SMILES string of the molecule is C=C(CCC)CN1CCCC(C)C1. The molecule has 1 aliphatic rings. The minimum atomic E-state index is 0.892. The highest BCUT2D eigenvalue weighted by Crippen LogP contribution is 2.17. The second kappa shape index (κ2) is 5.43. The lowest BCUT2D eigenvalue weighted by molar-refractivity contribution is 0.196. The van der Waals surface area contributed by atoms with Gasteiger partial charge in [-0.25, -0.2) is 0 Å². The second-order valence-corrected chi connectivity index (χ2v) is 4.48. The zero-order valence-corrected chi connectivity index (χ0v) is 9.18. The van der Waals surface area contributed by atoms with Gasteiger partial charge in [0.15, 0.2) is 0 Å². The van der Waals surface area contributed by atoms with Gasteiger partial charge >= 0.3 is 0 Å². The molecule has 1 heteroatoms. The van der Waals surface area contributed by atoms with Gasteiger partial charge in [0.25, 0.3) is 0 Å². The highest BCUT2D eigenvalue weighted by atomic mass is 15.1. The highest BCUT2D eigenvalue weighted by Gasteiger charge is 2.15. The Morgan fingerprint density at radius 3 is 2.92 bits per heavy atom. The summed E-state index contributed by atoms with van der Waals surface area (Å²) in [6.45, 7) is 12.4. The Morgan fingerprint density at radius 2 is 2.31 bits per heavy atom. The molecule has 1 heterocycles. The van der Waals surface area contributed by atoms with E-state index in [1.54, 1.807) is 0 Å². The lowest BCUT2D eigenvalue weighted by atomic mass is 9.99. The fraction of sp³-hybridized carbons (Fsp3) is 0.833. The van der Waals surface area contributed by atoms with Gasteiger partial charge in [0.05, 0.1) is 0 Å². The van der Waals surface area contributed by atoms with Gasteiger partial charge in [-0.1, -0.05) is 32.4 Å². The Morgan fingerprint density at radius 1 is 1.54 bits per heavy atom. The molecule has 1 rings (SSSR count). The van der Waals surface area contributed by atoms with Crippen molar-refractivity contribution in [1.82, 2.24) is 4.90 Å². The van der Waals surface area contributed by atoms with Crippen LogP contribution in [0.5, 0.6) is 0 Å². The van der Waals surface area contributed by atoms with Crippen LogP contribution in [0.25, 0.3) is 0 Å². The van der Waals surface area contributed by atoms with Crippen molar-refractivity contribution in [3.8, 4) is 0 Å². The number of hydrogen-bond donors (Lipinski definition) is 0. The van der Waals surface area contributed by atoms with Crippen LogP contribution >= 0.6 is 0 Å². The van der Waals surface area contributed by atoms with Gasteiger partial charge in [-0.2, -0.15) is 0 Å². The van der Waals surface area contributed by atoms with Gasteiger partial charge in [-0.3, -0.25) is 4.90 Å². The van der Waals surface area contributed by atoms with E-state index in [9.17, 15) is 0 Å². The molecule has 1 aliphatic heterocycles. The molecule has 0 bridgehead atoms. The number of likely N-dealkylation sites (tertiary alicyclic amines) is 1. The Balaban J connectivity index is 2.23. The van der Waals surface area contributed by atoms with E-state index in [-0.39, 0.29) is 0 Å². The van der Waals surface area contributed by atoms with Gasteiger partial charge < -0.3 is 0 Å². The van der Waals surface area contributed by atoms with Crippen LogP contribution in [0.15, 0.2) is 12.2 Å². The molecule has 0 spiro atoms. The second-order valence-electron chi connectivity index (χ2n) is 4.48. The van der Waals surface area contributed by atoms with Crippen molar-refractivity contribution in [3.63, 3.8) is 0 Å². The minimum absolute atomic E-state index is 0.892. The molecule has 0 saturated carbocycles. The minimum Gasteiger partial charge on any atom is -0.299 e. The monoisotopic (exact) mass is 181 g/mol. The van der Waals surface area contributed by atoms with Crippen LogP contribution in [0.2, 0.25) is 0 Å². The molecule has 1 fully saturated rings. The van der Waals surface area contributed by atoms with Crippen LogP contribution in [0.3, 0.4) is 0 Å². The summed E-state index contributed by atoms with van der Waals surface area (Å²) in [6, 6.07) is 0. The Labute approximate surface area is 82.8 Å². The van der Waals surface area contributed by atoms with E-state index in [1.165, 1.54) is 44.3 Å². The molecule has 0 aromatic rings. The summed E-state index contributed by atoms with van der Waals surface area (Å²) in [4.78, 5) is 2.56. The summed E-state index contributed by atoms with van der Waals surface area (Å²) in [5.74, 6) is 0.892. The quantitative estimate of drug-likeness (QED) is 0.602. The first kappa shape index (κ1) is 10.8. The summed E-state index contributed by atoms with van der Waals surface area (Å²) >= 11 is 0. The average molecular weight is 181 g/mol. The van der Waals surface area contributed by atoms with Crippen LogP contribution in [0.4, 0.5) is 0 Å². The van der Waals surface area contributed by atoms with Crippen LogP contribution in [0.1, 0.15) is 39.5 Å². The molecule has 0 N–H and O–H groups in total. The average Bonchev–Trinajstić information content (AvgIpc) is 2.04. The first-order chi connectivity index (χ1) is 6.22. The fourth-order valence-electron chi connectivity index (χ4n) is 2.18. The van der Waals surface area contributed by atoms with Crippen LogP contribution in [-0.2, 0) is 0 Å². The first-order valence-electron chi connectivity index (χ1n) is 5.61. The standard InChI is InChI=1S/C12H23N/c1-4-6-11(2)9-13-8-5-7-12(3)10-13/h12H,2,4-10H2,1,3H3. The molecule has 0 amide bonds. The molecule has 1 nitrogen and oxygen atoms in total.